The smallest absolute Gasteiger partial charge is 0.407 e. The first-order chi connectivity index (χ1) is 15.9. The number of carboxylic acids is 1. The summed E-state index contributed by atoms with van der Waals surface area (Å²) in [7, 11) is 2.84. The van der Waals surface area contributed by atoms with Gasteiger partial charge in [-0.05, 0) is 35.1 Å². The van der Waals surface area contributed by atoms with Gasteiger partial charge >= 0.3 is 12.1 Å². The van der Waals surface area contributed by atoms with Crippen LogP contribution in [0.4, 0.5) is 4.79 Å². The number of carbonyl (C=O) groups excluding carboxylic acids is 2. The van der Waals surface area contributed by atoms with E-state index in [9.17, 15) is 14.4 Å². The number of benzene rings is 2. The molecule has 0 fully saturated rings. The van der Waals surface area contributed by atoms with Crippen LogP contribution in [0.2, 0.25) is 0 Å². The molecule has 0 spiro atoms. The Kier molecular flexibility index (Phi) is 8.39. The fourth-order valence-electron chi connectivity index (χ4n) is 3.91. The third kappa shape index (κ3) is 6.09. The van der Waals surface area contributed by atoms with Crippen molar-refractivity contribution in [3.8, 4) is 11.1 Å². The zero-order chi connectivity index (χ0) is 23.8. The number of alkyl carbamates (subject to hydrolysis) is 1. The Labute approximate surface area is 192 Å². The van der Waals surface area contributed by atoms with Crippen LogP contribution in [0.1, 0.15) is 29.9 Å². The number of nitrogens with one attached hydrogen (secondary N) is 1. The summed E-state index contributed by atoms with van der Waals surface area (Å²) >= 11 is 0. The number of ether oxygens (including phenoxy) is 2. The quantitative estimate of drug-likeness (QED) is 0.395. The summed E-state index contributed by atoms with van der Waals surface area (Å²) in [5, 5.41) is 12.1. The van der Waals surface area contributed by atoms with E-state index in [4.69, 9.17) is 19.4 Å². The first kappa shape index (κ1) is 24.2. The van der Waals surface area contributed by atoms with Crippen molar-refractivity contribution in [1.82, 2.24) is 10.4 Å². The van der Waals surface area contributed by atoms with Gasteiger partial charge in [-0.15, -0.1) is 0 Å². The largest absolute Gasteiger partial charge is 0.479 e. The van der Waals surface area contributed by atoms with Gasteiger partial charge in [0, 0.05) is 26.7 Å². The van der Waals surface area contributed by atoms with Crippen LogP contribution in [0.15, 0.2) is 48.5 Å². The Morgan fingerprint density at radius 3 is 2.24 bits per heavy atom. The number of likely N-dealkylation sites (N-methyl/N-ethyl adjacent to an activating group) is 1. The van der Waals surface area contributed by atoms with Crippen LogP contribution in [-0.2, 0) is 23.9 Å². The third-order valence-corrected chi connectivity index (χ3v) is 5.47. The number of hydrogen-bond donors (Lipinski definition) is 2. The standard InChI is InChI=1S/C24H28N2O7/c1-26(33-15-22(27)28)23(29)21(12-7-13-31-2)25-24(30)32-14-20-18-10-5-3-8-16(18)17-9-4-6-11-19(17)20/h3-6,8-11,20-21H,7,12-15H2,1-2H3,(H,25,30)(H,27,28). The minimum absolute atomic E-state index is 0.104. The second-order valence-corrected chi connectivity index (χ2v) is 7.66. The highest BCUT2D eigenvalue weighted by Crippen LogP contribution is 2.44. The Balaban J connectivity index is 1.64. The van der Waals surface area contributed by atoms with Crippen molar-refractivity contribution < 1.29 is 33.8 Å². The van der Waals surface area contributed by atoms with Gasteiger partial charge < -0.3 is 19.9 Å². The SMILES string of the molecule is COCCCC(NC(=O)OCC1c2ccccc2-c2ccccc21)C(=O)N(C)OCC(=O)O. The van der Waals surface area contributed by atoms with Crippen molar-refractivity contribution in [3.05, 3.63) is 59.7 Å². The van der Waals surface area contributed by atoms with Crippen molar-refractivity contribution in [1.29, 1.82) is 0 Å². The minimum Gasteiger partial charge on any atom is -0.479 e. The monoisotopic (exact) mass is 456 g/mol. The van der Waals surface area contributed by atoms with Crippen LogP contribution in [-0.4, -0.2) is 68.2 Å². The molecule has 9 nitrogen and oxygen atoms in total. The van der Waals surface area contributed by atoms with Gasteiger partial charge in [0.15, 0.2) is 6.61 Å². The zero-order valence-corrected chi connectivity index (χ0v) is 18.7. The van der Waals surface area contributed by atoms with Crippen LogP contribution < -0.4 is 5.32 Å². The summed E-state index contributed by atoms with van der Waals surface area (Å²) < 4.78 is 10.5. The number of rotatable bonds is 11. The number of amides is 2. The number of fused-ring (bicyclic) bond motifs is 3. The molecule has 1 atom stereocenters. The summed E-state index contributed by atoms with van der Waals surface area (Å²) in [6.45, 7) is -0.155. The van der Waals surface area contributed by atoms with Gasteiger partial charge in [-0.25, -0.2) is 14.7 Å². The lowest BCUT2D eigenvalue weighted by Crippen LogP contribution is -2.48. The summed E-state index contributed by atoms with van der Waals surface area (Å²) in [5.41, 5.74) is 4.40. The Bertz CT molecular complexity index is 949. The molecule has 1 aliphatic rings. The van der Waals surface area contributed by atoms with Gasteiger partial charge in [0.05, 0.1) is 0 Å². The number of hydrogen-bond acceptors (Lipinski definition) is 6. The predicted molar refractivity (Wildman–Crippen MR) is 119 cm³/mol. The first-order valence-corrected chi connectivity index (χ1v) is 10.6. The summed E-state index contributed by atoms with van der Waals surface area (Å²) in [6.07, 6.45) is 0.0420. The predicted octanol–water partition coefficient (Wildman–Crippen LogP) is 2.79. The van der Waals surface area contributed by atoms with Crippen molar-refractivity contribution in [3.63, 3.8) is 0 Å². The Morgan fingerprint density at radius 2 is 1.67 bits per heavy atom. The van der Waals surface area contributed by atoms with Crippen LogP contribution in [0.25, 0.3) is 11.1 Å². The number of carboxylic acid groups (broad SMARTS) is 1. The van der Waals surface area contributed by atoms with Crippen molar-refractivity contribution >= 4 is 18.0 Å². The molecule has 0 aromatic heterocycles. The average molecular weight is 456 g/mol. The molecule has 1 unspecified atom stereocenters. The van der Waals surface area contributed by atoms with Gasteiger partial charge in [0.25, 0.3) is 5.91 Å². The molecule has 2 aromatic carbocycles. The van der Waals surface area contributed by atoms with E-state index in [1.54, 1.807) is 0 Å². The summed E-state index contributed by atoms with van der Waals surface area (Å²) in [5.74, 6) is -1.90. The molecule has 3 rings (SSSR count). The Hall–Kier alpha value is -3.43. The molecule has 0 radical (unpaired) electrons. The number of hydroxylamine groups is 2. The third-order valence-electron chi connectivity index (χ3n) is 5.47. The number of carbonyl (C=O) groups is 3. The molecule has 1 aliphatic carbocycles. The van der Waals surface area contributed by atoms with E-state index in [0.717, 1.165) is 27.3 Å². The van der Waals surface area contributed by atoms with E-state index in [1.807, 2.05) is 48.5 Å². The van der Waals surface area contributed by atoms with E-state index in [2.05, 4.69) is 5.32 Å². The van der Waals surface area contributed by atoms with Crippen LogP contribution in [0, 0.1) is 0 Å². The maximum Gasteiger partial charge on any atom is 0.407 e. The van der Waals surface area contributed by atoms with Crippen LogP contribution in [0.3, 0.4) is 0 Å². The molecule has 0 saturated heterocycles. The molecule has 9 heteroatoms. The van der Waals surface area contributed by atoms with E-state index in [-0.39, 0.29) is 18.9 Å². The molecule has 0 saturated carbocycles. The lowest BCUT2D eigenvalue weighted by Gasteiger charge is -2.23. The molecular formula is C24H28N2O7. The normalized spacial score (nSPS) is 13.0. The molecule has 2 N–H and O–H groups in total. The number of aliphatic carboxylic acids is 1. The highest BCUT2D eigenvalue weighted by molar-refractivity contribution is 5.85. The highest BCUT2D eigenvalue weighted by Gasteiger charge is 2.30. The molecule has 176 valence electrons. The first-order valence-electron chi connectivity index (χ1n) is 10.6. The number of methoxy groups -OCH3 is 1. The second-order valence-electron chi connectivity index (χ2n) is 7.66. The van der Waals surface area contributed by atoms with Gasteiger partial charge in [-0.1, -0.05) is 48.5 Å². The zero-order valence-electron chi connectivity index (χ0n) is 18.7. The fraction of sp³-hybridized carbons (Fsp3) is 0.375. The number of nitrogens with zero attached hydrogens (tertiary/aromatic N) is 1. The highest BCUT2D eigenvalue weighted by atomic mass is 16.7. The maximum atomic E-state index is 12.7. The van der Waals surface area contributed by atoms with E-state index in [1.165, 1.54) is 14.2 Å². The van der Waals surface area contributed by atoms with Crippen molar-refractivity contribution in [2.45, 2.75) is 24.8 Å². The maximum absolute atomic E-state index is 12.7. The van der Waals surface area contributed by atoms with Crippen LogP contribution >= 0.6 is 0 Å². The topological polar surface area (TPSA) is 114 Å². The van der Waals surface area contributed by atoms with Gasteiger partial charge in [0.2, 0.25) is 0 Å². The molecule has 0 heterocycles. The van der Waals surface area contributed by atoms with E-state index < -0.39 is 30.6 Å². The van der Waals surface area contributed by atoms with E-state index in [0.29, 0.717) is 13.0 Å². The second kappa shape index (κ2) is 11.4. The average Bonchev–Trinajstić information content (AvgIpc) is 3.14. The van der Waals surface area contributed by atoms with Gasteiger partial charge in [-0.3, -0.25) is 9.63 Å². The molecule has 2 aromatic rings. The molecule has 0 aliphatic heterocycles. The molecule has 33 heavy (non-hydrogen) atoms. The lowest BCUT2D eigenvalue weighted by molar-refractivity contribution is -0.187. The fourth-order valence-corrected chi connectivity index (χ4v) is 3.91. The van der Waals surface area contributed by atoms with Gasteiger partial charge in [-0.2, -0.15) is 0 Å². The molecule has 0 bridgehead atoms. The summed E-state index contributed by atoms with van der Waals surface area (Å²) in [4.78, 5) is 40.9. The molecular weight excluding hydrogens is 428 g/mol. The minimum atomic E-state index is -1.21. The lowest BCUT2D eigenvalue weighted by atomic mass is 9.98. The molecule has 2 amide bonds. The van der Waals surface area contributed by atoms with Gasteiger partial charge in [0.1, 0.15) is 12.6 Å². The Morgan fingerprint density at radius 1 is 1.06 bits per heavy atom. The van der Waals surface area contributed by atoms with E-state index >= 15 is 0 Å². The van der Waals surface area contributed by atoms with Crippen molar-refractivity contribution in [2.75, 3.05) is 34.0 Å². The van der Waals surface area contributed by atoms with Crippen LogP contribution in [0.5, 0.6) is 0 Å². The summed E-state index contributed by atoms with van der Waals surface area (Å²) in [6, 6.07) is 15.0. The van der Waals surface area contributed by atoms with Crippen molar-refractivity contribution in [2.24, 2.45) is 0 Å².